The molecule has 1 amide bonds. The van der Waals surface area contributed by atoms with Crippen molar-refractivity contribution < 1.29 is 4.79 Å². The third kappa shape index (κ3) is 5.09. The summed E-state index contributed by atoms with van der Waals surface area (Å²) < 4.78 is 2.10. The van der Waals surface area contributed by atoms with E-state index in [0.717, 1.165) is 39.1 Å². The zero-order valence-electron chi connectivity index (χ0n) is 21.2. The molecule has 3 heterocycles. The number of carbonyl (C=O) groups excluding carboxylic acids is 1. The third-order valence-electron chi connectivity index (χ3n) is 6.38. The fourth-order valence-electron chi connectivity index (χ4n) is 4.23. The quantitative estimate of drug-likeness (QED) is 0.428. The average Bonchev–Trinajstić information content (AvgIpc) is 3.34. The van der Waals surface area contributed by atoms with E-state index in [4.69, 9.17) is 10.7 Å². The smallest absolute Gasteiger partial charge is 0.220 e. The molecule has 1 unspecified atom stereocenters. The minimum absolute atomic E-state index is 0.0552. The number of aryl methyl sites for hydroxylation is 3. The van der Waals surface area contributed by atoms with Crippen molar-refractivity contribution in [3.05, 3.63) is 99.6 Å². The lowest BCUT2D eigenvalue weighted by atomic mass is 9.99. The molecule has 1 aromatic carbocycles. The average molecular weight is 501 g/mol. The molecule has 0 saturated carbocycles. The Morgan fingerprint density at radius 1 is 1.17 bits per heavy atom. The van der Waals surface area contributed by atoms with Crippen LogP contribution in [0.15, 0.2) is 65.8 Å². The van der Waals surface area contributed by atoms with E-state index in [0.29, 0.717) is 19.4 Å². The second-order valence-electron chi connectivity index (χ2n) is 8.90. The maximum atomic E-state index is 12.7. The van der Waals surface area contributed by atoms with E-state index >= 15 is 0 Å². The van der Waals surface area contributed by atoms with E-state index in [-0.39, 0.29) is 11.9 Å². The van der Waals surface area contributed by atoms with Crippen molar-refractivity contribution >= 4 is 23.0 Å². The van der Waals surface area contributed by atoms with Crippen LogP contribution >= 0.6 is 11.3 Å². The number of nitrogens with zero attached hydrogens (tertiary/aromatic N) is 4. The lowest BCUT2D eigenvalue weighted by molar-refractivity contribution is -0.121. The van der Waals surface area contributed by atoms with Gasteiger partial charge >= 0.3 is 0 Å². The minimum atomic E-state index is -0.375. The van der Waals surface area contributed by atoms with Gasteiger partial charge in [0.05, 0.1) is 5.71 Å². The Balaban J connectivity index is 1.68. The van der Waals surface area contributed by atoms with Gasteiger partial charge in [-0.2, -0.15) is 0 Å². The molecular formula is C28H32N6OS. The van der Waals surface area contributed by atoms with Crippen LogP contribution in [0.3, 0.4) is 0 Å². The number of rotatable bonds is 8. The number of nitrogens with one attached hydrogen (secondary N) is 1. The van der Waals surface area contributed by atoms with E-state index in [1.165, 1.54) is 22.2 Å². The number of nitrogens with two attached hydrogens (primary N) is 1. The number of fused-ring (bicyclic) bond motifs is 3. The van der Waals surface area contributed by atoms with Crippen molar-refractivity contribution in [3.8, 4) is 5.00 Å². The number of aromatic nitrogens is 3. The Hall–Kier alpha value is -3.78. The molecule has 0 radical (unpaired) electrons. The van der Waals surface area contributed by atoms with Crippen molar-refractivity contribution in [1.29, 1.82) is 0 Å². The summed E-state index contributed by atoms with van der Waals surface area (Å²) in [6.07, 6.45) is 7.71. The van der Waals surface area contributed by atoms with E-state index in [9.17, 15) is 4.79 Å². The minimum Gasteiger partial charge on any atom is -0.405 e. The van der Waals surface area contributed by atoms with Gasteiger partial charge in [0.25, 0.3) is 0 Å². The second kappa shape index (κ2) is 10.9. The monoisotopic (exact) mass is 500 g/mol. The van der Waals surface area contributed by atoms with Crippen LogP contribution in [0.5, 0.6) is 0 Å². The number of hydrogen-bond donors (Lipinski definition) is 2. The van der Waals surface area contributed by atoms with Gasteiger partial charge in [-0.15, -0.1) is 21.5 Å². The molecule has 7 nitrogen and oxygen atoms in total. The van der Waals surface area contributed by atoms with Gasteiger partial charge in [0, 0.05) is 29.0 Å². The Labute approximate surface area is 216 Å². The molecule has 0 spiro atoms. The Kier molecular flexibility index (Phi) is 7.64. The number of allylic oxidation sites excluding steroid dienone is 4. The highest BCUT2D eigenvalue weighted by atomic mass is 32.1. The van der Waals surface area contributed by atoms with Gasteiger partial charge in [-0.3, -0.25) is 14.4 Å². The molecular weight excluding hydrogens is 468 g/mol. The zero-order chi connectivity index (χ0) is 25.8. The van der Waals surface area contributed by atoms with Crippen molar-refractivity contribution in [2.45, 2.75) is 46.6 Å². The molecule has 36 heavy (non-hydrogen) atoms. The van der Waals surface area contributed by atoms with Gasteiger partial charge in [0.15, 0.2) is 5.82 Å². The molecule has 3 N–H and O–H groups in total. The predicted octanol–water partition coefficient (Wildman–Crippen LogP) is 4.94. The normalized spacial score (nSPS) is 15.3. The van der Waals surface area contributed by atoms with Crippen LogP contribution in [0.2, 0.25) is 0 Å². The third-order valence-corrected chi connectivity index (χ3v) is 7.57. The number of amides is 1. The summed E-state index contributed by atoms with van der Waals surface area (Å²) in [5, 5.41) is 13.0. The van der Waals surface area contributed by atoms with E-state index in [1.54, 1.807) is 23.5 Å². The lowest BCUT2D eigenvalue weighted by Gasteiger charge is -2.14. The summed E-state index contributed by atoms with van der Waals surface area (Å²) in [6, 6.07) is 8.05. The summed E-state index contributed by atoms with van der Waals surface area (Å²) in [4.78, 5) is 19.2. The first-order valence-corrected chi connectivity index (χ1v) is 12.8. The summed E-state index contributed by atoms with van der Waals surface area (Å²) in [6.45, 7) is 12.4. The van der Waals surface area contributed by atoms with Crippen LogP contribution in [0.25, 0.3) is 5.00 Å². The van der Waals surface area contributed by atoms with Crippen molar-refractivity contribution in [2.24, 2.45) is 10.7 Å². The number of carbonyl (C=O) groups is 1. The van der Waals surface area contributed by atoms with Gasteiger partial charge in [-0.05, 0) is 57.5 Å². The Morgan fingerprint density at radius 3 is 2.61 bits per heavy atom. The molecule has 1 atom stereocenters. The highest BCUT2D eigenvalue weighted by Gasteiger charge is 2.31. The lowest BCUT2D eigenvalue weighted by Crippen LogP contribution is -2.29. The number of benzene rings is 1. The van der Waals surface area contributed by atoms with Crippen LogP contribution in [0.1, 0.15) is 57.7 Å². The summed E-state index contributed by atoms with van der Waals surface area (Å²) in [5.74, 6) is 1.48. The Bertz CT molecular complexity index is 1370. The van der Waals surface area contributed by atoms with Crippen LogP contribution in [-0.4, -0.2) is 32.9 Å². The van der Waals surface area contributed by atoms with Gasteiger partial charge < -0.3 is 11.1 Å². The SMILES string of the molecule is C=C/C(=C\C=C/N)CCC(=O)NCC1N=C(c2ccc(C)cc2)c2c(sc(C)c2C)-n2c(C)nnc21. The first-order valence-electron chi connectivity index (χ1n) is 12.0. The molecule has 0 saturated heterocycles. The van der Waals surface area contributed by atoms with E-state index in [1.807, 2.05) is 13.0 Å². The zero-order valence-corrected chi connectivity index (χ0v) is 22.0. The van der Waals surface area contributed by atoms with Crippen LogP contribution in [0, 0.1) is 27.7 Å². The summed E-state index contributed by atoms with van der Waals surface area (Å²) in [7, 11) is 0. The Morgan fingerprint density at radius 2 is 1.92 bits per heavy atom. The summed E-state index contributed by atoms with van der Waals surface area (Å²) in [5.41, 5.74) is 11.8. The van der Waals surface area contributed by atoms with Gasteiger partial charge in [-0.25, -0.2) is 0 Å². The van der Waals surface area contributed by atoms with Crippen LogP contribution in [-0.2, 0) is 4.79 Å². The molecule has 186 valence electrons. The van der Waals surface area contributed by atoms with Gasteiger partial charge in [0.1, 0.15) is 16.9 Å². The first kappa shape index (κ1) is 25.3. The summed E-state index contributed by atoms with van der Waals surface area (Å²) >= 11 is 1.72. The second-order valence-corrected chi connectivity index (χ2v) is 10.1. The molecule has 0 aliphatic carbocycles. The molecule has 0 fully saturated rings. The van der Waals surface area contributed by atoms with Crippen molar-refractivity contribution in [3.63, 3.8) is 0 Å². The maximum absolute atomic E-state index is 12.7. The van der Waals surface area contributed by atoms with Gasteiger partial charge in [-0.1, -0.05) is 48.6 Å². The highest BCUT2D eigenvalue weighted by molar-refractivity contribution is 7.15. The van der Waals surface area contributed by atoms with E-state index < -0.39 is 0 Å². The highest BCUT2D eigenvalue weighted by Crippen LogP contribution is 2.38. The van der Waals surface area contributed by atoms with E-state index in [2.05, 4.69) is 71.7 Å². The van der Waals surface area contributed by atoms with Crippen LogP contribution in [0.4, 0.5) is 0 Å². The number of aliphatic imine (C=N–C) groups is 1. The topological polar surface area (TPSA) is 98.2 Å². The molecule has 1 aliphatic heterocycles. The molecule has 1 aliphatic rings. The fraction of sp³-hybridized carbons (Fsp3) is 0.286. The van der Waals surface area contributed by atoms with Crippen molar-refractivity contribution in [1.82, 2.24) is 20.1 Å². The molecule has 4 rings (SSSR count). The van der Waals surface area contributed by atoms with Crippen molar-refractivity contribution in [2.75, 3.05) is 6.54 Å². The van der Waals surface area contributed by atoms with Gasteiger partial charge in [0.2, 0.25) is 5.91 Å². The molecule has 2 aromatic heterocycles. The van der Waals surface area contributed by atoms with Crippen LogP contribution < -0.4 is 11.1 Å². The number of thiophene rings is 1. The maximum Gasteiger partial charge on any atom is 0.220 e. The predicted molar refractivity (Wildman–Crippen MR) is 147 cm³/mol. The molecule has 3 aromatic rings. The molecule has 0 bridgehead atoms. The molecule has 8 heteroatoms. The first-order chi connectivity index (χ1) is 17.3. The standard InChI is InChI=1S/C28H32N6OS/c1-6-21(8-7-15-29)11-14-24(35)30-16-23-27-33-32-20(5)34(27)28-25(18(3)19(4)36-28)26(31-23)22-12-9-17(2)10-13-22/h6-10,12-13,15,23H,1,11,14,16,29H2,2-5H3,(H,30,35)/b15-7-,21-8+. The number of hydrogen-bond acceptors (Lipinski definition) is 6. The fourth-order valence-corrected chi connectivity index (χ4v) is 5.44. The largest absolute Gasteiger partial charge is 0.405 e.